The summed E-state index contributed by atoms with van der Waals surface area (Å²) in [6, 6.07) is 11.3. The number of aryl methyl sites for hydroxylation is 1. The maximum absolute atomic E-state index is 7.64. The van der Waals surface area contributed by atoms with Crippen molar-refractivity contribution >= 4 is 40.2 Å². The SMILES string of the molecule is Cc1ccc2nc(Sc3cc(Cl)ccc3C(=N)N)[nH]c2c1. The van der Waals surface area contributed by atoms with Gasteiger partial charge in [-0.05, 0) is 42.8 Å². The van der Waals surface area contributed by atoms with E-state index in [1.165, 1.54) is 17.3 Å². The molecule has 0 fully saturated rings. The fourth-order valence-electron chi connectivity index (χ4n) is 2.06. The van der Waals surface area contributed by atoms with Gasteiger partial charge >= 0.3 is 0 Å². The van der Waals surface area contributed by atoms with Crippen molar-refractivity contribution in [3.63, 3.8) is 0 Å². The number of nitrogens with one attached hydrogen (secondary N) is 2. The number of fused-ring (bicyclic) bond motifs is 1. The van der Waals surface area contributed by atoms with Crippen LogP contribution in [0.3, 0.4) is 0 Å². The summed E-state index contributed by atoms with van der Waals surface area (Å²) in [5.41, 5.74) is 9.34. The summed E-state index contributed by atoms with van der Waals surface area (Å²) in [5.74, 6) is 0.0149. The normalized spacial score (nSPS) is 11.0. The van der Waals surface area contributed by atoms with Gasteiger partial charge in [-0.2, -0.15) is 0 Å². The topological polar surface area (TPSA) is 78.6 Å². The first-order valence-corrected chi connectivity index (χ1v) is 7.50. The summed E-state index contributed by atoms with van der Waals surface area (Å²) in [4.78, 5) is 8.61. The van der Waals surface area contributed by atoms with E-state index in [1.807, 2.05) is 19.1 Å². The molecule has 6 heteroatoms. The molecule has 0 unspecified atom stereocenters. The lowest BCUT2D eigenvalue weighted by atomic mass is 10.2. The van der Waals surface area contributed by atoms with E-state index in [0.717, 1.165) is 21.1 Å². The lowest BCUT2D eigenvalue weighted by molar-refractivity contribution is 1.08. The summed E-state index contributed by atoms with van der Waals surface area (Å²) < 4.78 is 0. The second-order valence-electron chi connectivity index (χ2n) is 4.72. The molecule has 1 aromatic heterocycles. The number of hydrogen-bond donors (Lipinski definition) is 3. The van der Waals surface area contributed by atoms with Crippen molar-refractivity contribution in [3.8, 4) is 0 Å². The van der Waals surface area contributed by atoms with Crippen molar-refractivity contribution in [2.75, 3.05) is 0 Å². The standard InChI is InChI=1S/C15H13ClN4S/c1-8-2-5-11-12(6-8)20-15(19-11)21-13-7-9(16)3-4-10(13)14(17)18/h2-7H,1H3,(H3,17,18)(H,19,20). The van der Waals surface area contributed by atoms with Gasteiger partial charge in [-0.15, -0.1) is 0 Å². The molecule has 1 heterocycles. The molecule has 0 saturated heterocycles. The lowest BCUT2D eigenvalue weighted by Gasteiger charge is -2.06. The Morgan fingerprint density at radius 2 is 2.10 bits per heavy atom. The monoisotopic (exact) mass is 316 g/mol. The van der Waals surface area contributed by atoms with Crippen molar-refractivity contribution in [2.45, 2.75) is 17.0 Å². The van der Waals surface area contributed by atoms with Crippen molar-refractivity contribution in [1.29, 1.82) is 5.41 Å². The van der Waals surface area contributed by atoms with Crippen molar-refractivity contribution in [1.82, 2.24) is 9.97 Å². The first kappa shape index (κ1) is 14.0. The molecule has 0 atom stereocenters. The predicted molar refractivity (Wildman–Crippen MR) is 87.4 cm³/mol. The maximum atomic E-state index is 7.64. The fraction of sp³-hybridized carbons (Fsp3) is 0.0667. The molecule has 4 nitrogen and oxygen atoms in total. The predicted octanol–water partition coefficient (Wildman–Crippen LogP) is 3.96. The van der Waals surface area contributed by atoms with E-state index >= 15 is 0 Å². The Balaban J connectivity index is 2.02. The molecule has 0 aliphatic rings. The molecular formula is C15H13ClN4S. The van der Waals surface area contributed by atoms with E-state index in [2.05, 4.69) is 16.0 Å². The number of aromatic nitrogens is 2. The lowest BCUT2D eigenvalue weighted by Crippen LogP contribution is -2.12. The van der Waals surface area contributed by atoms with E-state index < -0.39 is 0 Å². The van der Waals surface area contributed by atoms with Gasteiger partial charge in [-0.3, -0.25) is 5.41 Å². The van der Waals surface area contributed by atoms with Gasteiger partial charge in [-0.1, -0.05) is 29.4 Å². The van der Waals surface area contributed by atoms with E-state index in [1.54, 1.807) is 18.2 Å². The maximum Gasteiger partial charge on any atom is 0.171 e. The zero-order valence-corrected chi connectivity index (χ0v) is 12.8. The smallest absolute Gasteiger partial charge is 0.171 e. The van der Waals surface area contributed by atoms with Gasteiger partial charge in [0.2, 0.25) is 0 Å². The van der Waals surface area contributed by atoms with Crippen LogP contribution in [-0.2, 0) is 0 Å². The molecule has 0 spiro atoms. The molecule has 3 rings (SSSR count). The van der Waals surface area contributed by atoms with Gasteiger partial charge in [0.25, 0.3) is 0 Å². The average molecular weight is 317 g/mol. The van der Waals surface area contributed by atoms with Crippen LogP contribution in [-0.4, -0.2) is 15.8 Å². The third-order valence-electron chi connectivity index (χ3n) is 3.06. The summed E-state index contributed by atoms with van der Waals surface area (Å²) >= 11 is 7.45. The highest BCUT2D eigenvalue weighted by Crippen LogP contribution is 2.32. The molecule has 0 radical (unpaired) electrons. The van der Waals surface area contributed by atoms with Crippen LogP contribution in [0.25, 0.3) is 11.0 Å². The van der Waals surface area contributed by atoms with Crippen LogP contribution in [0.5, 0.6) is 0 Å². The van der Waals surface area contributed by atoms with Crippen molar-refractivity contribution < 1.29 is 0 Å². The Morgan fingerprint density at radius 3 is 2.86 bits per heavy atom. The number of imidazole rings is 1. The number of nitrogen functional groups attached to an aromatic ring is 1. The van der Waals surface area contributed by atoms with Gasteiger partial charge in [0.05, 0.1) is 11.0 Å². The highest BCUT2D eigenvalue weighted by molar-refractivity contribution is 7.99. The molecule has 106 valence electrons. The molecule has 0 saturated carbocycles. The third kappa shape index (κ3) is 2.89. The highest BCUT2D eigenvalue weighted by Gasteiger charge is 2.11. The highest BCUT2D eigenvalue weighted by atomic mass is 35.5. The first-order valence-electron chi connectivity index (χ1n) is 6.31. The van der Waals surface area contributed by atoms with Crippen LogP contribution < -0.4 is 5.73 Å². The number of amidine groups is 1. The molecule has 0 amide bonds. The second kappa shape index (κ2) is 5.42. The number of H-pyrrole nitrogens is 1. The largest absolute Gasteiger partial charge is 0.384 e. The van der Waals surface area contributed by atoms with Gasteiger partial charge < -0.3 is 10.7 Å². The summed E-state index contributed by atoms with van der Waals surface area (Å²) in [6.45, 7) is 2.04. The number of rotatable bonds is 3. The molecule has 0 bridgehead atoms. The van der Waals surface area contributed by atoms with E-state index in [0.29, 0.717) is 10.6 Å². The zero-order chi connectivity index (χ0) is 15.0. The number of nitrogens with two attached hydrogens (primary N) is 1. The van der Waals surface area contributed by atoms with Crippen LogP contribution in [0.1, 0.15) is 11.1 Å². The van der Waals surface area contributed by atoms with E-state index in [4.69, 9.17) is 22.7 Å². The fourth-order valence-corrected chi connectivity index (χ4v) is 3.28. The summed E-state index contributed by atoms with van der Waals surface area (Å²) in [6.07, 6.45) is 0. The van der Waals surface area contributed by atoms with Gasteiger partial charge in [0.15, 0.2) is 5.16 Å². The number of aromatic amines is 1. The van der Waals surface area contributed by atoms with Gasteiger partial charge in [0, 0.05) is 15.5 Å². The Labute approximate surface area is 131 Å². The molecule has 21 heavy (non-hydrogen) atoms. The Morgan fingerprint density at radius 1 is 1.29 bits per heavy atom. The van der Waals surface area contributed by atoms with E-state index in [-0.39, 0.29) is 5.84 Å². The molecule has 0 aliphatic heterocycles. The number of halogens is 1. The molecule has 3 aromatic rings. The Kier molecular flexibility index (Phi) is 3.61. The van der Waals surface area contributed by atoms with Crippen molar-refractivity contribution in [3.05, 3.63) is 52.5 Å². The zero-order valence-electron chi connectivity index (χ0n) is 11.3. The van der Waals surface area contributed by atoms with Gasteiger partial charge in [0.1, 0.15) is 5.84 Å². The Hall–Kier alpha value is -1.98. The van der Waals surface area contributed by atoms with Crippen LogP contribution >= 0.6 is 23.4 Å². The van der Waals surface area contributed by atoms with Crippen LogP contribution in [0.15, 0.2) is 46.5 Å². The Bertz CT molecular complexity index is 841. The first-order chi connectivity index (χ1) is 10.0. The number of hydrogen-bond acceptors (Lipinski definition) is 3. The minimum absolute atomic E-state index is 0.0149. The summed E-state index contributed by atoms with van der Waals surface area (Å²) in [7, 11) is 0. The number of nitrogens with zero attached hydrogens (tertiary/aromatic N) is 1. The summed E-state index contributed by atoms with van der Waals surface area (Å²) in [5, 5.41) is 9.00. The van der Waals surface area contributed by atoms with Crippen LogP contribution in [0.4, 0.5) is 0 Å². The minimum Gasteiger partial charge on any atom is -0.384 e. The van der Waals surface area contributed by atoms with Gasteiger partial charge in [-0.25, -0.2) is 4.98 Å². The number of benzene rings is 2. The molecule has 4 N–H and O–H groups in total. The van der Waals surface area contributed by atoms with Crippen LogP contribution in [0, 0.1) is 12.3 Å². The molecule has 2 aromatic carbocycles. The van der Waals surface area contributed by atoms with E-state index in [9.17, 15) is 0 Å². The average Bonchev–Trinajstić information content (AvgIpc) is 2.79. The third-order valence-corrected chi connectivity index (χ3v) is 4.24. The van der Waals surface area contributed by atoms with Crippen LogP contribution in [0.2, 0.25) is 5.02 Å². The molecular weight excluding hydrogens is 304 g/mol. The van der Waals surface area contributed by atoms with Crippen molar-refractivity contribution in [2.24, 2.45) is 5.73 Å². The second-order valence-corrected chi connectivity index (χ2v) is 6.19. The molecule has 0 aliphatic carbocycles. The quantitative estimate of drug-likeness (QED) is 0.505. The minimum atomic E-state index is 0.0149.